The molecule has 2 bridgehead atoms. The third-order valence-electron chi connectivity index (χ3n) is 2.28. The highest BCUT2D eigenvalue weighted by atomic mass is 32.2. The summed E-state index contributed by atoms with van der Waals surface area (Å²) in [5.74, 6) is 0.452. The second-order valence-electron chi connectivity index (χ2n) is 3.29. The molecule has 0 N–H and O–H groups in total. The highest BCUT2D eigenvalue weighted by molar-refractivity contribution is 7.88. The third kappa shape index (κ3) is 1.16. The highest BCUT2D eigenvalue weighted by Gasteiger charge is 2.30. The number of hydrogen-bond donors (Lipinski definition) is 0. The average Bonchev–Trinajstić information content (AvgIpc) is 2.30. The minimum absolute atomic E-state index is 0.0648. The largest absolute Gasteiger partial charge is 0.271 e. The van der Waals surface area contributed by atoms with Crippen molar-refractivity contribution in [1.29, 1.82) is 0 Å². The predicted octanol–water partition coefficient (Wildman–Crippen LogP) is 0.720. The first-order valence-corrected chi connectivity index (χ1v) is 5.77. The van der Waals surface area contributed by atoms with E-state index in [9.17, 15) is 8.42 Å². The standard InChI is InChI=1S/C8H11NO2S/c1-12(10,11)9-5-4-7-2-3-8(9)6-7/h2-5,7-8H,6H2,1H3. The molecule has 0 aromatic rings. The van der Waals surface area contributed by atoms with Crippen LogP contribution in [0.4, 0.5) is 0 Å². The summed E-state index contributed by atoms with van der Waals surface area (Å²) in [6, 6.07) is 0.0648. The van der Waals surface area contributed by atoms with Gasteiger partial charge in [0.15, 0.2) is 0 Å². The van der Waals surface area contributed by atoms with Crippen molar-refractivity contribution in [2.24, 2.45) is 5.92 Å². The average molecular weight is 185 g/mol. The van der Waals surface area contributed by atoms with Crippen molar-refractivity contribution in [3.05, 3.63) is 24.4 Å². The summed E-state index contributed by atoms with van der Waals surface area (Å²) in [5.41, 5.74) is 0. The van der Waals surface area contributed by atoms with Crippen molar-refractivity contribution in [3.63, 3.8) is 0 Å². The predicted molar refractivity (Wildman–Crippen MR) is 46.9 cm³/mol. The summed E-state index contributed by atoms with van der Waals surface area (Å²) in [6.45, 7) is 0. The van der Waals surface area contributed by atoms with Gasteiger partial charge in [-0.25, -0.2) is 8.42 Å². The van der Waals surface area contributed by atoms with Crippen LogP contribution in [-0.4, -0.2) is 25.0 Å². The van der Waals surface area contributed by atoms with Gasteiger partial charge in [0.1, 0.15) is 0 Å². The third-order valence-corrected chi connectivity index (χ3v) is 3.44. The summed E-state index contributed by atoms with van der Waals surface area (Å²) >= 11 is 0. The second-order valence-corrected chi connectivity index (χ2v) is 5.17. The summed E-state index contributed by atoms with van der Waals surface area (Å²) in [7, 11) is -3.07. The molecule has 1 heterocycles. The minimum Gasteiger partial charge on any atom is -0.271 e. The maximum atomic E-state index is 11.2. The van der Waals surface area contributed by atoms with Gasteiger partial charge < -0.3 is 0 Å². The van der Waals surface area contributed by atoms with Crippen molar-refractivity contribution in [2.45, 2.75) is 12.5 Å². The zero-order valence-corrected chi connectivity index (χ0v) is 7.66. The van der Waals surface area contributed by atoms with Gasteiger partial charge in [-0.3, -0.25) is 4.31 Å². The minimum atomic E-state index is -3.07. The number of sulfonamides is 1. The number of rotatable bonds is 1. The molecule has 0 amide bonds. The van der Waals surface area contributed by atoms with Gasteiger partial charge in [-0.05, 0) is 12.3 Å². The van der Waals surface area contributed by atoms with Crippen LogP contribution in [-0.2, 0) is 10.0 Å². The van der Waals surface area contributed by atoms with Gasteiger partial charge in [0.2, 0.25) is 10.0 Å². The molecule has 0 saturated heterocycles. The van der Waals surface area contributed by atoms with Crippen molar-refractivity contribution >= 4 is 10.0 Å². The number of fused-ring (bicyclic) bond motifs is 2. The summed E-state index contributed by atoms with van der Waals surface area (Å²) < 4.78 is 23.9. The number of allylic oxidation sites excluding steroid dienone is 2. The van der Waals surface area contributed by atoms with Crippen LogP contribution in [0.1, 0.15) is 6.42 Å². The van der Waals surface area contributed by atoms with E-state index in [1.54, 1.807) is 6.20 Å². The molecule has 3 nitrogen and oxygen atoms in total. The van der Waals surface area contributed by atoms with E-state index in [-0.39, 0.29) is 6.04 Å². The van der Waals surface area contributed by atoms with Gasteiger partial charge in [-0.1, -0.05) is 18.2 Å². The Morgan fingerprint density at radius 1 is 1.33 bits per heavy atom. The fourth-order valence-electron chi connectivity index (χ4n) is 1.70. The lowest BCUT2D eigenvalue weighted by Gasteiger charge is -2.27. The highest BCUT2D eigenvalue weighted by Crippen LogP contribution is 2.29. The van der Waals surface area contributed by atoms with Crippen LogP contribution in [0, 0.1) is 5.92 Å². The van der Waals surface area contributed by atoms with Gasteiger partial charge in [-0.15, -0.1) is 0 Å². The molecule has 1 aliphatic heterocycles. The normalized spacial score (nSPS) is 32.9. The summed E-state index contributed by atoms with van der Waals surface area (Å²) in [6.07, 6.45) is 9.78. The first-order valence-electron chi connectivity index (χ1n) is 3.92. The molecule has 2 unspecified atom stereocenters. The second kappa shape index (κ2) is 2.36. The summed E-state index contributed by atoms with van der Waals surface area (Å²) in [5, 5.41) is 0. The molecule has 0 saturated carbocycles. The molecule has 2 aliphatic rings. The van der Waals surface area contributed by atoms with Crippen molar-refractivity contribution < 1.29 is 8.42 Å². The number of nitrogens with zero attached hydrogens (tertiary/aromatic N) is 1. The Bertz CT molecular complexity index is 342. The Hall–Kier alpha value is -0.770. The van der Waals surface area contributed by atoms with Gasteiger partial charge in [0, 0.05) is 6.20 Å². The van der Waals surface area contributed by atoms with Gasteiger partial charge in [-0.2, -0.15) is 0 Å². The smallest absolute Gasteiger partial charge is 0.232 e. The van der Waals surface area contributed by atoms with E-state index >= 15 is 0 Å². The quantitative estimate of drug-likeness (QED) is 0.564. The molecular formula is C8H11NO2S. The van der Waals surface area contributed by atoms with E-state index < -0.39 is 10.0 Å². The maximum absolute atomic E-state index is 11.2. The molecule has 1 aliphatic carbocycles. The molecule has 2 atom stereocenters. The van der Waals surface area contributed by atoms with Gasteiger partial charge in [0.05, 0.1) is 12.3 Å². The molecule has 0 radical (unpaired) electrons. The lowest BCUT2D eigenvalue weighted by atomic mass is 10.1. The molecule has 4 heteroatoms. The van der Waals surface area contributed by atoms with Crippen LogP contribution in [0.15, 0.2) is 24.4 Å². The molecular weight excluding hydrogens is 174 g/mol. The van der Waals surface area contributed by atoms with Crippen LogP contribution in [0.2, 0.25) is 0 Å². The fraction of sp³-hybridized carbons (Fsp3) is 0.500. The van der Waals surface area contributed by atoms with Crippen molar-refractivity contribution in [2.75, 3.05) is 6.26 Å². The first kappa shape index (κ1) is 7.86. The van der Waals surface area contributed by atoms with E-state index in [0.717, 1.165) is 6.42 Å². The summed E-state index contributed by atoms with van der Waals surface area (Å²) in [4.78, 5) is 0. The molecule has 66 valence electrons. The van der Waals surface area contributed by atoms with E-state index in [1.165, 1.54) is 10.6 Å². The lowest BCUT2D eigenvalue weighted by molar-refractivity contribution is 0.413. The zero-order chi connectivity index (χ0) is 8.77. The molecule has 0 spiro atoms. The Labute approximate surface area is 72.4 Å². The molecule has 0 aromatic heterocycles. The molecule has 12 heavy (non-hydrogen) atoms. The van der Waals surface area contributed by atoms with Crippen LogP contribution in [0.3, 0.4) is 0 Å². The van der Waals surface area contributed by atoms with Crippen molar-refractivity contribution in [3.8, 4) is 0 Å². The molecule has 2 rings (SSSR count). The maximum Gasteiger partial charge on any atom is 0.232 e. The zero-order valence-electron chi connectivity index (χ0n) is 6.84. The van der Waals surface area contributed by atoms with E-state index in [4.69, 9.17) is 0 Å². The van der Waals surface area contributed by atoms with E-state index in [1.807, 2.05) is 12.2 Å². The van der Waals surface area contributed by atoms with Crippen LogP contribution in [0.25, 0.3) is 0 Å². The van der Waals surface area contributed by atoms with Crippen LogP contribution < -0.4 is 0 Å². The van der Waals surface area contributed by atoms with Gasteiger partial charge in [0.25, 0.3) is 0 Å². The Balaban J connectivity index is 2.36. The monoisotopic (exact) mass is 185 g/mol. The lowest BCUT2D eigenvalue weighted by Crippen LogP contribution is -2.35. The van der Waals surface area contributed by atoms with Gasteiger partial charge >= 0.3 is 0 Å². The van der Waals surface area contributed by atoms with Crippen LogP contribution >= 0.6 is 0 Å². The fourth-order valence-corrected chi connectivity index (χ4v) is 2.64. The van der Waals surface area contributed by atoms with Crippen molar-refractivity contribution in [1.82, 2.24) is 4.31 Å². The van der Waals surface area contributed by atoms with Crippen LogP contribution in [0.5, 0.6) is 0 Å². The first-order chi connectivity index (χ1) is 5.57. The SMILES string of the molecule is CS(=O)(=O)N1C=CC2C=CC1C2. The topological polar surface area (TPSA) is 37.4 Å². The Morgan fingerprint density at radius 2 is 2.08 bits per heavy atom. The van der Waals surface area contributed by atoms with E-state index in [0.29, 0.717) is 5.92 Å². The Kier molecular flexibility index (Phi) is 1.54. The number of hydrogen-bond acceptors (Lipinski definition) is 2. The molecule has 0 aromatic carbocycles. The molecule has 0 fully saturated rings. The Morgan fingerprint density at radius 3 is 2.75 bits per heavy atom. The van der Waals surface area contributed by atoms with E-state index in [2.05, 4.69) is 6.08 Å².